The van der Waals surface area contributed by atoms with Crippen molar-refractivity contribution in [1.82, 2.24) is 0 Å². The van der Waals surface area contributed by atoms with Gasteiger partial charge in [0.2, 0.25) is 0 Å². The van der Waals surface area contributed by atoms with Crippen LogP contribution in [0, 0.1) is 0 Å². The Morgan fingerprint density at radius 2 is 1.30 bits per heavy atom. The monoisotopic (exact) mass is 264 g/mol. The normalized spacial score (nSPS) is 33.4. The molecule has 10 heavy (non-hydrogen) atoms. The Hall–Kier alpha value is 0.440. The van der Waals surface area contributed by atoms with Gasteiger partial charge in [0.15, 0.2) is 0 Å². The zero-order chi connectivity index (χ0) is 7.40. The van der Waals surface area contributed by atoms with E-state index in [1.54, 1.807) is 0 Å². The summed E-state index contributed by atoms with van der Waals surface area (Å²) in [7, 11) is 0. The van der Waals surface area contributed by atoms with Crippen LogP contribution in [0.2, 0.25) is 0 Å². The molecular formula is C8H10Br2. The smallest absolute Gasteiger partial charge is 0.0328 e. The van der Waals surface area contributed by atoms with Gasteiger partial charge in [-0.25, -0.2) is 0 Å². The third-order valence-electron chi connectivity index (χ3n) is 1.47. The molecule has 0 spiro atoms. The van der Waals surface area contributed by atoms with Crippen molar-refractivity contribution in [3.63, 3.8) is 0 Å². The van der Waals surface area contributed by atoms with Crippen molar-refractivity contribution in [2.24, 2.45) is 0 Å². The van der Waals surface area contributed by atoms with E-state index in [1.807, 2.05) is 0 Å². The summed E-state index contributed by atoms with van der Waals surface area (Å²) in [6, 6.07) is 0. The van der Waals surface area contributed by atoms with Crippen LogP contribution in [-0.2, 0) is 0 Å². The molecule has 0 saturated carbocycles. The Labute approximate surface area is 78.6 Å². The lowest BCUT2D eigenvalue weighted by molar-refractivity contribution is 0.792. The molecule has 0 amide bonds. The molecule has 1 aliphatic carbocycles. The highest BCUT2D eigenvalue weighted by Crippen LogP contribution is 2.18. The first-order chi connectivity index (χ1) is 4.79. The number of alkyl halides is 2. The molecule has 1 aliphatic rings. The summed E-state index contributed by atoms with van der Waals surface area (Å²) in [4.78, 5) is 1.11. The van der Waals surface area contributed by atoms with E-state index >= 15 is 0 Å². The first-order valence-corrected chi connectivity index (χ1v) is 5.25. The molecule has 1 rings (SSSR count). The lowest BCUT2D eigenvalue weighted by Gasteiger charge is -2.08. The number of hydrogen-bond acceptors (Lipinski definition) is 0. The second kappa shape index (κ2) is 4.35. The average molecular weight is 266 g/mol. The molecule has 56 valence electrons. The van der Waals surface area contributed by atoms with Crippen molar-refractivity contribution in [2.45, 2.75) is 22.5 Å². The van der Waals surface area contributed by atoms with Crippen LogP contribution in [0.1, 0.15) is 12.8 Å². The van der Waals surface area contributed by atoms with Crippen LogP contribution in [0.25, 0.3) is 0 Å². The van der Waals surface area contributed by atoms with Gasteiger partial charge in [-0.15, -0.1) is 0 Å². The summed E-state index contributed by atoms with van der Waals surface area (Å²) in [6.07, 6.45) is 10.9. The van der Waals surface area contributed by atoms with E-state index in [0.717, 1.165) is 0 Å². The van der Waals surface area contributed by atoms with Crippen molar-refractivity contribution in [2.75, 3.05) is 0 Å². The van der Waals surface area contributed by atoms with Crippen molar-refractivity contribution in [1.29, 1.82) is 0 Å². The Bertz CT molecular complexity index is 131. The van der Waals surface area contributed by atoms with Crippen LogP contribution in [0.3, 0.4) is 0 Å². The summed E-state index contributed by atoms with van der Waals surface area (Å²) in [5.74, 6) is 0. The van der Waals surface area contributed by atoms with E-state index in [0.29, 0.717) is 9.65 Å². The molecule has 0 heterocycles. The van der Waals surface area contributed by atoms with Crippen LogP contribution < -0.4 is 0 Å². The molecule has 0 aromatic carbocycles. The van der Waals surface area contributed by atoms with E-state index in [9.17, 15) is 0 Å². The predicted molar refractivity (Wildman–Crippen MR) is 52.9 cm³/mol. The minimum atomic E-state index is 0.553. The van der Waals surface area contributed by atoms with Crippen LogP contribution >= 0.6 is 31.9 Å². The Kier molecular flexibility index (Phi) is 3.71. The van der Waals surface area contributed by atoms with Crippen molar-refractivity contribution < 1.29 is 0 Å². The van der Waals surface area contributed by atoms with Crippen LogP contribution in [0.4, 0.5) is 0 Å². The molecule has 0 saturated heterocycles. The van der Waals surface area contributed by atoms with Gasteiger partial charge < -0.3 is 0 Å². The predicted octanol–water partition coefficient (Wildman–Crippen LogP) is 3.42. The molecule has 0 aromatic heterocycles. The number of rotatable bonds is 0. The highest BCUT2D eigenvalue weighted by Gasteiger charge is 2.04. The fourth-order valence-electron chi connectivity index (χ4n) is 0.880. The molecule has 2 atom stereocenters. The van der Waals surface area contributed by atoms with Crippen LogP contribution in [0.5, 0.6) is 0 Å². The van der Waals surface area contributed by atoms with E-state index in [-0.39, 0.29) is 0 Å². The summed E-state index contributed by atoms with van der Waals surface area (Å²) in [5.41, 5.74) is 0. The summed E-state index contributed by atoms with van der Waals surface area (Å²) < 4.78 is 0. The van der Waals surface area contributed by atoms with Gasteiger partial charge in [0.05, 0.1) is 0 Å². The number of halogens is 2. The fourth-order valence-corrected chi connectivity index (χ4v) is 1.76. The van der Waals surface area contributed by atoms with Gasteiger partial charge in [-0.05, 0) is 12.8 Å². The standard InChI is InChI=1S/C8H10Br2/c9-7-3-1-2-4-8(10)6-5-7/h1-4,7-8H,5-6H2. The lowest BCUT2D eigenvalue weighted by atomic mass is 10.1. The quantitative estimate of drug-likeness (QED) is 0.589. The maximum atomic E-state index is 3.56. The molecule has 0 nitrogen and oxygen atoms in total. The zero-order valence-electron chi connectivity index (χ0n) is 5.63. The Morgan fingerprint density at radius 3 is 1.70 bits per heavy atom. The van der Waals surface area contributed by atoms with E-state index in [2.05, 4.69) is 56.2 Å². The molecule has 0 N–H and O–H groups in total. The maximum absolute atomic E-state index is 3.56. The molecule has 0 radical (unpaired) electrons. The first-order valence-electron chi connectivity index (χ1n) is 3.42. The van der Waals surface area contributed by atoms with Gasteiger partial charge in [-0.3, -0.25) is 0 Å². The summed E-state index contributed by atoms with van der Waals surface area (Å²) in [6.45, 7) is 0. The molecule has 2 heteroatoms. The first kappa shape index (κ1) is 8.54. The van der Waals surface area contributed by atoms with Crippen LogP contribution in [0.15, 0.2) is 24.3 Å². The number of allylic oxidation sites excluding steroid dienone is 4. The zero-order valence-corrected chi connectivity index (χ0v) is 8.81. The molecule has 0 aliphatic heterocycles. The highest BCUT2D eigenvalue weighted by atomic mass is 79.9. The summed E-state index contributed by atoms with van der Waals surface area (Å²) in [5, 5.41) is 0. The minimum Gasteiger partial charge on any atom is -0.0845 e. The van der Waals surface area contributed by atoms with Crippen LogP contribution in [-0.4, -0.2) is 9.65 Å². The van der Waals surface area contributed by atoms with Crippen molar-refractivity contribution in [3.8, 4) is 0 Å². The third-order valence-corrected chi connectivity index (χ3v) is 3.00. The molecule has 0 fully saturated rings. The van der Waals surface area contributed by atoms with Gasteiger partial charge in [-0.1, -0.05) is 56.2 Å². The van der Waals surface area contributed by atoms with Gasteiger partial charge >= 0.3 is 0 Å². The number of hydrogen-bond donors (Lipinski definition) is 0. The van der Waals surface area contributed by atoms with E-state index in [1.165, 1.54) is 12.8 Å². The third kappa shape index (κ3) is 3.02. The Morgan fingerprint density at radius 1 is 0.900 bits per heavy atom. The summed E-state index contributed by atoms with van der Waals surface area (Å²) >= 11 is 7.12. The van der Waals surface area contributed by atoms with Crippen molar-refractivity contribution >= 4 is 31.9 Å². The van der Waals surface area contributed by atoms with Gasteiger partial charge in [0, 0.05) is 9.65 Å². The second-order valence-electron chi connectivity index (χ2n) is 2.38. The van der Waals surface area contributed by atoms with E-state index < -0.39 is 0 Å². The highest BCUT2D eigenvalue weighted by molar-refractivity contribution is 9.10. The molecular weight excluding hydrogens is 256 g/mol. The molecule has 0 aromatic rings. The fraction of sp³-hybridized carbons (Fsp3) is 0.500. The minimum absolute atomic E-state index is 0.553. The topological polar surface area (TPSA) is 0 Å². The van der Waals surface area contributed by atoms with Gasteiger partial charge in [-0.2, -0.15) is 0 Å². The van der Waals surface area contributed by atoms with E-state index in [4.69, 9.17) is 0 Å². The van der Waals surface area contributed by atoms with Gasteiger partial charge in [0.25, 0.3) is 0 Å². The average Bonchev–Trinajstić information content (AvgIpc) is 1.90. The maximum Gasteiger partial charge on any atom is 0.0328 e. The molecule has 2 unspecified atom stereocenters. The van der Waals surface area contributed by atoms with Gasteiger partial charge in [0.1, 0.15) is 0 Å². The largest absolute Gasteiger partial charge is 0.0845 e. The lowest BCUT2D eigenvalue weighted by Crippen LogP contribution is -2.00. The van der Waals surface area contributed by atoms with Crippen molar-refractivity contribution in [3.05, 3.63) is 24.3 Å². The SMILES string of the molecule is BrC1C=CC=CC(Br)CC1. The molecule has 0 bridgehead atoms. The second-order valence-corrected chi connectivity index (χ2v) is 4.73. The Balaban J connectivity index is 2.52.